The smallest absolute Gasteiger partial charge is 0.239 e. The Morgan fingerprint density at radius 2 is 1.58 bits per heavy atom. The van der Waals surface area contributed by atoms with E-state index < -0.39 is 0 Å². The van der Waals surface area contributed by atoms with Crippen LogP contribution in [0.15, 0.2) is 0 Å². The van der Waals surface area contributed by atoms with Crippen LogP contribution in [-0.2, 0) is 4.79 Å². The molecule has 0 aromatic carbocycles. The number of likely N-dealkylation sites (tertiary alicyclic amines) is 2. The second-order valence-corrected chi connectivity index (χ2v) is 6.52. The van der Waals surface area contributed by atoms with Crippen LogP contribution in [0.1, 0.15) is 44.9 Å². The Hall–Kier alpha value is -0.610. The van der Waals surface area contributed by atoms with Crippen LogP contribution >= 0.6 is 0 Å². The van der Waals surface area contributed by atoms with Gasteiger partial charge in [0.2, 0.25) is 5.91 Å². The van der Waals surface area contributed by atoms with E-state index in [4.69, 9.17) is 5.73 Å². The van der Waals surface area contributed by atoms with E-state index in [0.717, 1.165) is 38.8 Å². The van der Waals surface area contributed by atoms with Crippen molar-refractivity contribution in [3.05, 3.63) is 0 Å². The summed E-state index contributed by atoms with van der Waals surface area (Å²) in [7, 11) is 0. The highest BCUT2D eigenvalue weighted by molar-refractivity contribution is 5.82. The first-order valence-corrected chi connectivity index (χ1v) is 8.04. The van der Waals surface area contributed by atoms with E-state index in [1.807, 2.05) is 4.90 Å². The van der Waals surface area contributed by atoms with Gasteiger partial charge in [-0.1, -0.05) is 6.42 Å². The van der Waals surface area contributed by atoms with Gasteiger partial charge in [-0.25, -0.2) is 0 Å². The van der Waals surface area contributed by atoms with Crippen molar-refractivity contribution in [2.45, 2.75) is 57.0 Å². The monoisotopic (exact) mass is 265 g/mol. The van der Waals surface area contributed by atoms with Crippen molar-refractivity contribution >= 4 is 5.91 Å². The summed E-state index contributed by atoms with van der Waals surface area (Å²) in [6, 6.07) is 0.494. The Labute approximate surface area is 116 Å². The maximum Gasteiger partial charge on any atom is 0.239 e. The number of piperidine rings is 2. The highest BCUT2D eigenvalue weighted by atomic mass is 16.2. The molecule has 4 nitrogen and oxygen atoms in total. The van der Waals surface area contributed by atoms with Crippen LogP contribution in [0.5, 0.6) is 0 Å². The number of nitrogens with zero attached hydrogens (tertiary/aromatic N) is 2. The number of rotatable bonds is 3. The van der Waals surface area contributed by atoms with Crippen LogP contribution in [0.3, 0.4) is 0 Å². The average Bonchev–Trinajstić information content (AvgIpc) is 3.31. The maximum absolute atomic E-state index is 12.2. The topological polar surface area (TPSA) is 49.6 Å². The zero-order chi connectivity index (χ0) is 13.2. The maximum atomic E-state index is 12.2. The molecular weight excluding hydrogens is 238 g/mol. The number of hydrogen-bond acceptors (Lipinski definition) is 3. The van der Waals surface area contributed by atoms with E-state index >= 15 is 0 Å². The normalized spacial score (nSPS) is 28.4. The molecule has 0 spiro atoms. The lowest BCUT2D eigenvalue weighted by atomic mass is 9.99. The average molecular weight is 265 g/mol. The lowest BCUT2D eigenvalue weighted by molar-refractivity contribution is -0.134. The van der Waals surface area contributed by atoms with Crippen molar-refractivity contribution in [3.8, 4) is 0 Å². The lowest BCUT2D eigenvalue weighted by Crippen LogP contribution is -2.52. The Kier molecular flexibility index (Phi) is 4.08. The van der Waals surface area contributed by atoms with Gasteiger partial charge in [0.25, 0.3) is 0 Å². The van der Waals surface area contributed by atoms with Crippen molar-refractivity contribution in [2.24, 2.45) is 11.7 Å². The SMILES string of the molecule is NC(C(=O)N1CCC(N2CCCCC2)CC1)C1CC1. The van der Waals surface area contributed by atoms with Gasteiger partial charge in [0.15, 0.2) is 0 Å². The van der Waals surface area contributed by atoms with Crippen molar-refractivity contribution in [1.29, 1.82) is 0 Å². The molecule has 4 heteroatoms. The molecule has 2 saturated heterocycles. The van der Waals surface area contributed by atoms with E-state index in [1.54, 1.807) is 0 Å². The van der Waals surface area contributed by atoms with E-state index in [1.165, 1.54) is 32.4 Å². The standard InChI is InChI=1S/C15H27N3O/c16-14(12-4-5-12)15(19)18-10-6-13(7-11-18)17-8-2-1-3-9-17/h12-14H,1-11,16H2. The van der Waals surface area contributed by atoms with Crippen LogP contribution in [0.2, 0.25) is 0 Å². The summed E-state index contributed by atoms with van der Waals surface area (Å²) in [4.78, 5) is 16.9. The summed E-state index contributed by atoms with van der Waals surface area (Å²) in [5.74, 6) is 0.687. The molecule has 3 aliphatic rings. The number of hydrogen-bond donors (Lipinski definition) is 1. The van der Waals surface area contributed by atoms with Gasteiger partial charge in [0, 0.05) is 19.1 Å². The molecule has 0 radical (unpaired) electrons. The molecule has 2 heterocycles. The minimum Gasteiger partial charge on any atom is -0.341 e. The summed E-state index contributed by atoms with van der Waals surface area (Å²) >= 11 is 0. The molecule has 1 saturated carbocycles. The molecular formula is C15H27N3O. The molecule has 0 aromatic rings. The Morgan fingerprint density at radius 3 is 2.16 bits per heavy atom. The van der Waals surface area contributed by atoms with E-state index in [2.05, 4.69) is 4.90 Å². The molecule has 2 aliphatic heterocycles. The molecule has 19 heavy (non-hydrogen) atoms. The van der Waals surface area contributed by atoms with Gasteiger partial charge < -0.3 is 15.5 Å². The van der Waals surface area contributed by atoms with E-state index in [-0.39, 0.29) is 11.9 Å². The van der Waals surface area contributed by atoms with Gasteiger partial charge in [-0.3, -0.25) is 4.79 Å². The van der Waals surface area contributed by atoms with E-state index in [9.17, 15) is 4.79 Å². The summed E-state index contributed by atoms with van der Waals surface area (Å²) in [5, 5.41) is 0. The predicted molar refractivity (Wildman–Crippen MR) is 75.7 cm³/mol. The van der Waals surface area contributed by atoms with Crippen LogP contribution in [-0.4, -0.2) is 54.0 Å². The summed E-state index contributed by atoms with van der Waals surface area (Å²) in [6.45, 7) is 4.36. The number of nitrogens with two attached hydrogens (primary N) is 1. The first kappa shape index (κ1) is 13.4. The van der Waals surface area contributed by atoms with E-state index in [0.29, 0.717) is 12.0 Å². The number of carbonyl (C=O) groups is 1. The van der Waals surface area contributed by atoms with Gasteiger partial charge in [-0.2, -0.15) is 0 Å². The molecule has 3 fully saturated rings. The van der Waals surface area contributed by atoms with Gasteiger partial charge in [0.1, 0.15) is 0 Å². The first-order chi connectivity index (χ1) is 9.25. The summed E-state index contributed by atoms with van der Waals surface area (Å²) in [6.07, 6.45) is 8.68. The second-order valence-electron chi connectivity index (χ2n) is 6.52. The molecule has 1 amide bonds. The zero-order valence-electron chi connectivity index (χ0n) is 11.9. The van der Waals surface area contributed by atoms with Crippen LogP contribution in [0.4, 0.5) is 0 Å². The molecule has 1 unspecified atom stereocenters. The van der Waals surface area contributed by atoms with Crippen molar-refractivity contribution < 1.29 is 4.79 Å². The van der Waals surface area contributed by atoms with Crippen LogP contribution in [0, 0.1) is 5.92 Å². The third-order valence-electron chi connectivity index (χ3n) is 5.10. The quantitative estimate of drug-likeness (QED) is 0.834. The van der Waals surface area contributed by atoms with Crippen molar-refractivity contribution in [1.82, 2.24) is 9.80 Å². The summed E-state index contributed by atoms with van der Waals surface area (Å²) in [5.41, 5.74) is 6.03. The molecule has 108 valence electrons. The Morgan fingerprint density at radius 1 is 0.947 bits per heavy atom. The molecule has 2 N–H and O–H groups in total. The first-order valence-electron chi connectivity index (χ1n) is 8.04. The lowest BCUT2D eigenvalue weighted by Gasteiger charge is -2.40. The van der Waals surface area contributed by atoms with Gasteiger partial charge in [0.05, 0.1) is 6.04 Å². The Bertz CT molecular complexity index is 315. The minimum absolute atomic E-state index is 0.208. The highest BCUT2D eigenvalue weighted by Gasteiger charge is 2.37. The van der Waals surface area contributed by atoms with Crippen LogP contribution in [0.25, 0.3) is 0 Å². The predicted octanol–water partition coefficient (Wildman–Crippen LogP) is 1.20. The third-order valence-corrected chi connectivity index (χ3v) is 5.10. The number of amides is 1. The number of carbonyl (C=O) groups excluding carboxylic acids is 1. The fourth-order valence-corrected chi connectivity index (χ4v) is 3.60. The largest absolute Gasteiger partial charge is 0.341 e. The van der Waals surface area contributed by atoms with Gasteiger partial charge in [-0.05, 0) is 57.5 Å². The molecule has 1 atom stereocenters. The fraction of sp³-hybridized carbons (Fsp3) is 0.933. The van der Waals surface area contributed by atoms with Gasteiger partial charge in [-0.15, -0.1) is 0 Å². The second kappa shape index (κ2) is 5.80. The van der Waals surface area contributed by atoms with Crippen LogP contribution < -0.4 is 5.73 Å². The zero-order valence-corrected chi connectivity index (χ0v) is 11.9. The summed E-state index contributed by atoms with van der Waals surface area (Å²) < 4.78 is 0. The third kappa shape index (κ3) is 3.11. The fourth-order valence-electron chi connectivity index (χ4n) is 3.60. The molecule has 0 bridgehead atoms. The molecule has 0 aromatic heterocycles. The molecule has 3 rings (SSSR count). The Balaban J connectivity index is 1.47. The minimum atomic E-state index is -0.216. The van der Waals surface area contributed by atoms with Crippen molar-refractivity contribution in [3.63, 3.8) is 0 Å². The molecule has 1 aliphatic carbocycles. The highest BCUT2D eigenvalue weighted by Crippen LogP contribution is 2.32. The van der Waals surface area contributed by atoms with Crippen molar-refractivity contribution in [2.75, 3.05) is 26.2 Å². The van der Waals surface area contributed by atoms with Gasteiger partial charge >= 0.3 is 0 Å².